The van der Waals surface area contributed by atoms with Crippen molar-refractivity contribution in [3.63, 3.8) is 0 Å². The third-order valence-electron chi connectivity index (χ3n) is 3.51. The number of carbonyl (C=O) groups is 2. The highest BCUT2D eigenvalue weighted by atomic mass is 16.6. The van der Waals surface area contributed by atoms with Crippen LogP contribution >= 0.6 is 0 Å². The molecule has 0 aromatic heterocycles. The molecule has 1 aliphatic rings. The molecule has 1 N–H and O–H groups in total. The van der Waals surface area contributed by atoms with Crippen molar-refractivity contribution < 1.29 is 24.5 Å². The molecule has 0 saturated carbocycles. The minimum atomic E-state index is -1.21. The molecule has 0 atom stereocenters. The van der Waals surface area contributed by atoms with E-state index < -0.39 is 49.7 Å². The van der Waals surface area contributed by atoms with E-state index in [2.05, 4.69) is 0 Å². The molecule has 23 heavy (non-hydrogen) atoms. The molecule has 0 heterocycles. The molecule has 2 aromatic carbocycles. The highest BCUT2D eigenvalue weighted by Crippen LogP contribution is 2.44. The Morgan fingerprint density at radius 3 is 1.87 bits per heavy atom. The van der Waals surface area contributed by atoms with E-state index in [0.29, 0.717) is 0 Å². The highest BCUT2D eigenvalue weighted by molar-refractivity contribution is 6.30. The van der Waals surface area contributed by atoms with E-state index in [-0.39, 0.29) is 11.1 Å². The van der Waals surface area contributed by atoms with Gasteiger partial charge in [0.25, 0.3) is 0 Å². The molecular formula is C14H6N2O7. The van der Waals surface area contributed by atoms with Crippen molar-refractivity contribution in [1.82, 2.24) is 0 Å². The summed E-state index contributed by atoms with van der Waals surface area (Å²) in [6.07, 6.45) is 0. The van der Waals surface area contributed by atoms with Gasteiger partial charge in [-0.25, -0.2) is 0 Å². The molecule has 0 radical (unpaired) electrons. The van der Waals surface area contributed by atoms with E-state index in [9.17, 15) is 34.9 Å². The van der Waals surface area contributed by atoms with Crippen LogP contribution in [0.25, 0.3) is 0 Å². The lowest BCUT2D eigenvalue weighted by molar-refractivity contribution is -0.423. The van der Waals surface area contributed by atoms with E-state index >= 15 is 0 Å². The van der Waals surface area contributed by atoms with Crippen LogP contribution in [0.5, 0.6) is 5.75 Å². The zero-order valence-corrected chi connectivity index (χ0v) is 11.2. The zero-order valence-electron chi connectivity index (χ0n) is 11.2. The Hall–Kier alpha value is -3.62. The topological polar surface area (TPSA) is 141 Å². The molecule has 0 saturated heterocycles. The average molecular weight is 314 g/mol. The number of phenols is 1. The van der Waals surface area contributed by atoms with Gasteiger partial charge in [0.05, 0.1) is 9.85 Å². The van der Waals surface area contributed by atoms with Crippen molar-refractivity contribution in [1.29, 1.82) is 0 Å². The summed E-state index contributed by atoms with van der Waals surface area (Å²) in [5.74, 6) is -2.63. The number of ketones is 2. The minimum Gasteiger partial charge on any atom is -0.502 e. The summed E-state index contributed by atoms with van der Waals surface area (Å²) in [6, 6.07) is 6.37. The first-order valence-corrected chi connectivity index (χ1v) is 6.21. The molecule has 9 heteroatoms. The van der Waals surface area contributed by atoms with Crippen LogP contribution in [-0.4, -0.2) is 26.5 Å². The van der Waals surface area contributed by atoms with Gasteiger partial charge in [-0.15, -0.1) is 0 Å². The number of hydrogen-bond donors (Lipinski definition) is 1. The second-order valence-electron chi connectivity index (χ2n) is 4.73. The molecule has 0 amide bonds. The lowest BCUT2D eigenvalue weighted by Gasteiger charge is -2.17. The number of benzene rings is 2. The Morgan fingerprint density at radius 2 is 1.35 bits per heavy atom. The molecule has 0 fully saturated rings. The second kappa shape index (κ2) is 4.70. The fourth-order valence-corrected chi connectivity index (χ4v) is 2.57. The van der Waals surface area contributed by atoms with Crippen LogP contribution in [0.1, 0.15) is 31.8 Å². The smallest absolute Gasteiger partial charge is 0.387 e. The van der Waals surface area contributed by atoms with E-state index in [1.54, 1.807) is 0 Å². The second-order valence-corrected chi connectivity index (χ2v) is 4.73. The Labute approximate surface area is 127 Å². The first-order valence-electron chi connectivity index (χ1n) is 6.21. The predicted molar refractivity (Wildman–Crippen MR) is 74.7 cm³/mol. The van der Waals surface area contributed by atoms with Crippen molar-refractivity contribution in [3.8, 4) is 5.75 Å². The van der Waals surface area contributed by atoms with Gasteiger partial charge in [-0.05, 0) is 6.07 Å². The Bertz CT molecular complexity index is 933. The van der Waals surface area contributed by atoms with Gasteiger partial charge in [0.2, 0.25) is 11.5 Å². The number of rotatable bonds is 2. The van der Waals surface area contributed by atoms with Crippen molar-refractivity contribution in [3.05, 3.63) is 72.8 Å². The summed E-state index contributed by atoms with van der Waals surface area (Å²) < 4.78 is 0. The summed E-state index contributed by atoms with van der Waals surface area (Å²) in [7, 11) is 0. The normalized spacial score (nSPS) is 12.5. The predicted octanol–water partition coefficient (Wildman–Crippen LogP) is 1.98. The van der Waals surface area contributed by atoms with E-state index in [1.165, 1.54) is 24.3 Å². The van der Waals surface area contributed by atoms with Gasteiger partial charge in [0.1, 0.15) is 5.56 Å². The fraction of sp³-hybridized carbons (Fsp3) is 0. The van der Waals surface area contributed by atoms with Crippen LogP contribution in [0.4, 0.5) is 11.4 Å². The molecule has 114 valence electrons. The van der Waals surface area contributed by atoms with E-state index in [0.717, 1.165) is 6.07 Å². The van der Waals surface area contributed by atoms with Gasteiger partial charge in [-0.3, -0.25) is 29.8 Å². The van der Waals surface area contributed by atoms with Crippen molar-refractivity contribution >= 4 is 22.9 Å². The Kier molecular flexibility index (Phi) is 2.93. The van der Waals surface area contributed by atoms with Gasteiger partial charge in [-0.2, -0.15) is 0 Å². The van der Waals surface area contributed by atoms with Crippen LogP contribution in [0.3, 0.4) is 0 Å². The third-order valence-corrected chi connectivity index (χ3v) is 3.51. The van der Waals surface area contributed by atoms with E-state index in [4.69, 9.17) is 0 Å². The third kappa shape index (κ3) is 1.87. The lowest BCUT2D eigenvalue weighted by Crippen LogP contribution is -2.22. The first kappa shape index (κ1) is 14.3. The summed E-state index contributed by atoms with van der Waals surface area (Å²) in [6.45, 7) is 0. The van der Waals surface area contributed by atoms with Crippen LogP contribution in [0.15, 0.2) is 30.3 Å². The summed E-state index contributed by atoms with van der Waals surface area (Å²) >= 11 is 0. The average Bonchev–Trinajstić information content (AvgIpc) is 2.51. The number of nitrogens with zero attached hydrogens (tertiary/aromatic N) is 2. The number of aromatic hydroxyl groups is 1. The van der Waals surface area contributed by atoms with Crippen molar-refractivity contribution in [2.24, 2.45) is 0 Å². The molecular weight excluding hydrogens is 308 g/mol. The number of carbonyl (C=O) groups excluding carboxylic acids is 2. The molecule has 0 unspecified atom stereocenters. The largest absolute Gasteiger partial charge is 0.502 e. The standard InChI is InChI=1S/C14H6N2O7/c17-9-5-8-10(12(16(22)23)11(9)15(20)21)14(19)7-4-2-1-3-6(7)13(8)18/h1-5,17H. The number of fused-ring (bicyclic) bond motifs is 2. The van der Waals surface area contributed by atoms with Crippen LogP contribution in [-0.2, 0) is 0 Å². The molecule has 0 bridgehead atoms. The number of hydrogen-bond acceptors (Lipinski definition) is 7. The lowest BCUT2D eigenvalue weighted by atomic mass is 9.82. The molecule has 0 spiro atoms. The van der Waals surface area contributed by atoms with Gasteiger partial charge < -0.3 is 5.11 Å². The minimum absolute atomic E-state index is 0.0209. The van der Waals surface area contributed by atoms with Crippen LogP contribution in [0, 0.1) is 20.2 Å². The van der Waals surface area contributed by atoms with Crippen molar-refractivity contribution in [2.75, 3.05) is 0 Å². The first-order chi connectivity index (χ1) is 10.8. The summed E-state index contributed by atoms with van der Waals surface area (Å²) in [5.41, 5.74) is -3.56. The molecule has 0 aliphatic heterocycles. The number of nitro groups is 2. The fourth-order valence-electron chi connectivity index (χ4n) is 2.57. The van der Waals surface area contributed by atoms with Crippen LogP contribution in [0.2, 0.25) is 0 Å². The number of nitro benzene ring substituents is 2. The van der Waals surface area contributed by atoms with Gasteiger partial charge >= 0.3 is 11.4 Å². The molecule has 9 nitrogen and oxygen atoms in total. The maximum Gasteiger partial charge on any atom is 0.387 e. The summed E-state index contributed by atoms with van der Waals surface area (Å²) in [4.78, 5) is 44.9. The SMILES string of the molecule is O=C1c2ccccc2C(=O)c2c1cc(O)c([N+](=O)[O-])c2[N+](=O)[O-]. The summed E-state index contributed by atoms with van der Waals surface area (Å²) in [5, 5.41) is 32.0. The van der Waals surface area contributed by atoms with Crippen molar-refractivity contribution in [2.45, 2.75) is 0 Å². The molecule has 1 aliphatic carbocycles. The molecule has 2 aromatic rings. The van der Waals surface area contributed by atoms with Gasteiger partial charge in [-0.1, -0.05) is 24.3 Å². The quantitative estimate of drug-likeness (QED) is 0.563. The van der Waals surface area contributed by atoms with Crippen LogP contribution < -0.4 is 0 Å². The Balaban J connectivity index is 2.46. The maximum absolute atomic E-state index is 12.5. The Morgan fingerprint density at radius 1 is 0.826 bits per heavy atom. The van der Waals surface area contributed by atoms with Gasteiger partial charge in [0.15, 0.2) is 5.78 Å². The number of phenolic OH excluding ortho intramolecular Hbond substituents is 1. The monoisotopic (exact) mass is 314 g/mol. The zero-order chi connectivity index (χ0) is 16.9. The maximum atomic E-state index is 12.5. The highest BCUT2D eigenvalue weighted by Gasteiger charge is 2.43. The molecule has 3 rings (SSSR count). The van der Waals surface area contributed by atoms with E-state index in [1.807, 2.05) is 0 Å². The van der Waals surface area contributed by atoms with Gasteiger partial charge in [0, 0.05) is 16.7 Å².